The van der Waals surface area contributed by atoms with Gasteiger partial charge >= 0.3 is 23.3 Å². The Morgan fingerprint density at radius 3 is 2.20 bits per heavy atom. The molecule has 13 heteroatoms. The van der Waals surface area contributed by atoms with Gasteiger partial charge < -0.3 is 19.2 Å². The first-order valence-corrected chi connectivity index (χ1v) is 14.4. The zero-order valence-corrected chi connectivity index (χ0v) is 23.5. The highest BCUT2D eigenvalue weighted by Gasteiger charge is 2.40. The molecule has 1 fully saturated rings. The molecule has 1 aliphatic heterocycles. The molecule has 2 aromatic rings. The van der Waals surface area contributed by atoms with Crippen molar-refractivity contribution in [2.45, 2.75) is 109 Å². The maximum Gasteiger partial charge on any atom is 0.355 e. The van der Waals surface area contributed by atoms with Gasteiger partial charge in [0.2, 0.25) is 0 Å². The molecule has 0 bridgehead atoms. The summed E-state index contributed by atoms with van der Waals surface area (Å²) in [7, 11) is 0. The molecule has 3 N–H and O–H groups in total. The van der Waals surface area contributed by atoms with E-state index in [1.807, 2.05) is 4.98 Å². The number of ether oxygens (including phenoxy) is 3. The van der Waals surface area contributed by atoms with Crippen LogP contribution in [0.25, 0.3) is 0 Å². The van der Waals surface area contributed by atoms with Crippen molar-refractivity contribution in [3.05, 3.63) is 65.7 Å². The summed E-state index contributed by atoms with van der Waals surface area (Å²) in [4.78, 5) is 78.0. The molecule has 0 amide bonds. The summed E-state index contributed by atoms with van der Waals surface area (Å²) in [5.41, 5.74) is -3.27. The van der Waals surface area contributed by atoms with E-state index in [1.165, 1.54) is 51.1 Å². The van der Waals surface area contributed by atoms with E-state index >= 15 is 0 Å². The Kier molecular flexibility index (Phi) is 12.8. The standard InChI is InChI=1S/C28H40N4O9/c1-2-3-4-5-6-7-8-9-10-11-12-13-25(35)41-20-17-24(32-15-14-22(33)31-28(32)38)40-21(20)18-39-26(36)19-16-23(34)30-27(37)29-19/h14-16,20-21,24H,2-13,17-18H2,1H3,(H,31,33,38)(H2,29,30,34,37)/t20?,21-,24-/m0/s1. The molecular formula is C28H40N4O9. The maximum absolute atomic E-state index is 12.6. The lowest BCUT2D eigenvalue weighted by atomic mass is 10.1. The number of hydrogen-bond donors (Lipinski definition) is 3. The highest BCUT2D eigenvalue weighted by atomic mass is 16.6. The zero-order valence-electron chi connectivity index (χ0n) is 23.5. The molecule has 1 aliphatic rings. The van der Waals surface area contributed by atoms with Gasteiger partial charge in [0.25, 0.3) is 11.1 Å². The lowest BCUT2D eigenvalue weighted by Crippen LogP contribution is -2.33. The van der Waals surface area contributed by atoms with E-state index in [2.05, 4.69) is 16.9 Å². The second-order valence-corrected chi connectivity index (χ2v) is 10.3. The van der Waals surface area contributed by atoms with Crippen LogP contribution in [-0.2, 0) is 19.0 Å². The summed E-state index contributed by atoms with van der Waals surface area (Å²) < 4.78 is 17.9. The Morgan fingerprint density at radius 1 is 0.902 bits per heavy atom. The van der Waals surface area contributed by atoms with Crippen LogP contribution in [0.1, 0.15) is 107 Å². The average Bonchev–Trinajstić information content (AvgIpc) is 3.31. The maximum atomic E-state index is 12.6. The van der Waals surface area contributed by atoms with E-state index in [1.54, 1.807) is 0 Å². The second kappa shape index (κ2) is 16.5. The highest BCUT2D eigenvalue weighted by Crippen LogP contribution is 2.30. The summed E-state index contributed by atoms with van der Waals surface area (Å²) in [5.74, 6) is -1.41. The predicted octanol–water partition coefficient (Wildman–Crippen LogP) is 2.67. The monoisotopic (exact) mass is 576 g/mol. The Labute approximate surface area is 236 Å². The van der Waals surface area contributed by atoms with E-state index in [4.69, 9.17) is 14.2 Å². The molecule has 3 heterocycles. The molecule has 41 heavy (non-hydrogen) atoms. The number of hydrogen-bond acceptors (Lipinski definition) is 9. The molecule has 1 saturated heterocycles. The topological polar surface area (TPSA) is 182 Å². The molecule has 13 nitrogen and oxygen atoms in total. The van der Waals surface area contributed by atoms with Gasteiger partial charge in [-0.25, -0.2) is 14.4 Å². The lowest BCUT2D eigenvalue weighted by Gasteiger charge is -2.19. The number of aromatic nitrogens is 4. The van der Waals surface area contributed by atoms with Crippen LogP contribution >= 0.6 is 0 Å². The van der Waals surface area contributed by atoms with Crippen LogP contribution in [0.5, 0.6) is 0 Å². The van der Waals surface area contributed by atoms with Crippen LogP contribution in [0.15, 0.2) is 37.5 Å². The van der Waals surface area contributed by atoms with Crippen molar-refractivity contribution in [3.8, 4) is 0 Å². The number of rotatable bonds is 17. The van der Waals surface area contributed by atoms with Crippen molar-refractivity contribution in [2.75, 3.05) is 6.61 Å². The Morgan fingerprint density at radius 2 is 1.56 bits per heavy atom. The Bertz CT molecular complexity index is 1330. The first-order chi connectivity index (χ1) is 19.8. The first-order valence-electron chi connectivity index (χ1n) is 14.4. The Hall–Kier alpha value is -3.74. The van der Waals surface area contributed by atoms with E-state index in [0.717, 1.165) is 36.0 Å². The molecular weight excluding hydrogens is 536 g/mol. The molecule has 0 aromatic carbocycles. The van der Waals surface area contributed by atoms with Crippen molar-refractivity contribution < 1.29 is 23.8 Å². The van der Waals surface area contributed by atoms with Crippen molar-refractivity contribution in [1.29, 1.82) is 0 Å². The van der Waals surface area contributed by atoms with Gasteiger partial charge in [-0.15, -0.1) is 0 Å². The van der Waals surface area contributed by atoms with E-state index in [9.17, 15) is 28.8 Å². The number of nitrogens with zero attached hydrogens (tertiary/aromatic N) is 1. The number of unbranched alkanes of at least 4 members (excludes halogenated alkanes) is 10. The number of aromatic amines is 3. The van der Waals surface area contributed by atoms with Gasteiger partial charge in [-0.05, 0) is 6.42 Å². The third kappa shape index (κ3) is 10.6. The third-order valence-electron chi connectivity index (χ3n) is 6.97. The second-order valence-electron chi connectivity index (χ2n) is 10.3. The van der Waals surface area contributed by atoms with Gasteiger partial charge in [0.15, 0.2) is 0 Å². The molecule has 226 valence electrons. The zero-order chi connectivity index (χ0) is 29.6. The number of carbonyl (C=O) groups is 2. The minimum atomic E-state index is -0.979. The molecule has 0 aliphatic carbocycles. The summed E-state index contributed by atoms with van der Waals surface area (Å²) in [6.45, 7) is 1.84. The van der Waals surface area contributed by atoms with Crippen molar-refractivity contribution in [3.63, 3.8) is 0 Å². The van der Waals surface area contributed by atoms with Crippen LogP contribution in [-0.4, -0.2) is 50.3 Å². The van der Waals surface area contributed by atoms with Crippen LogP contribution in [0.4, 0.5) is 0 Å². The highest BCUT2D eigenvalue weighted by molar-refractivity contribution is 5.86. The first kappa shape index (κ1) is 31.8. The smallest absolute Gasteiger partial charge is 0.355 e. The molecule has 3 atom stereocenters. The largest absolute Gasteiger partial charge is 0.459 e. The fourth-order valence-electron chi connectivity index (χ4n) is 4.77. The van der Waals surface area contributed by atoms with Gasteiger partial charge in [0.05, 0.1) is 0 Å². The molecule has 0 spiro atoms. The van der Waals surface area contributed by atoms with Crippen molar-refractivity contribution in [1.82, 2.24) is 19.5 Å². The van der Waals surface area contributed by atoms with E-state index < -0.39 is 52.9 Å². The number of H-pyrrole nitrogens is 3. The van der Waals surface area contributed by atoms with E-state index in [-0.39, 0.29) is 25.1 Å². The molecule has 0 saturated carbocycles. The summed E-state index contributed by atoms with van der Waals surface area (Å²) >= 11 is 0. The molecule has 1 unspecified atom stereocenters. The number of esters is 2. The quantitative estimate of drug-likeness (QED) is 0.188. The van der Waals surface area contributed by atoms with E-state index in [0.29, 0.717) is 6.42 Å². The van der Waals surface area contributed by atoms with Crippen LogP contribution in [0, 0.1) is 0 Å². The number of carbonyl (C=O) groups excluding carboxylic acids is 2. The lowest BCUT2D eigenvalue weighted by molar-refractivity contribution is -0.153. The minimum Gasteiger partial charge on any atom is -0.459 e. The number of nitrogens with one attached hydrogen (secondary N) is 3. The predicted molar refractivity (Wildman–Crippen MR) is 149 cm³/mol. The molecule has 3 rings (SSSR count). The van der Waals surface area contributed by atoms with Crippen LogP contribution in [0.2, 0.25) is 0 Å². The Balaban J connectivity index is 1.50. The van der Waals surface area contributed by atoms with Gasteiger partial charge in [-0.3, -0.25) is 28.9 Å². The van der Waals surface area contributed by atoms with Gasteiger partial charge in [0.1, 0.15) is 30.7 Å². The normalized spacial score (nSPS) is 18.3. The van der Waals surface area contributed by atoms with Crippen LogP contribution < -0.4 is 22.5 Å². The molecule has 2 aromatic heterocycles. The fraction of sp³-hybridized carbons (Fsp3) is 0.643. The summed E-state index contributed by atoms with van der Waals surface area (Å²) in [6.07, 6.45) is 11.6. The minimum absolute atomic E-state index is 0.0833. The van der Waals surface area contributed by atoms with Crippen LogP contribution in [0.3, 0.4) is 0 Å². The SMILES string of the molecule is CCCCCCCCCCCCCC(=O)OC1C[C@@H](n2ccc(=O)[nH]c2=O)O[C@H]1COC(=O)c1cc(=O)[nH]c(=O)[nH]1. The third-order valence-corrected chi connectivity index (χ3v) is 6.97. The van der Waals surface area contributed by atoms with Crippen molar-refractivity contribution in [2.24, 2.45) is 0 Å². The van der Waals surface area contributed by atoms with Crippen molar-refractivity contribution >= 4 is 11.9 Å². The fourth-order valence-corrected chi connectivity index (χ4v) is 4.77. The van der Waals surface area contributed by atoms with Gasteiger partial charge in [0, 0.05) is 31.2 Å². The summed E-state index contributed by atoms with van der Waals surface area (Å²) in [6, 6.07) is 2.04. The summed E-state index contributed by atoms with van der Waals surface area (Å²) in [5, 5.41) is 0. The van der Waals surface area contributed by atoms with Gasteiger partial charge in [-0.1, -0.05) is 71.1 Å². The average molecular weight is 577 g/mol. The van der Waals surface area contributed by atoms with Gasteiger partial charge in [-0.2, -0.15) is 0 Å². The molecule has 0 radical (unpaired) electrons.